The lowest BCUT2D eigenvalue weighted by molar-refractivity contribution is -0.708. The molecule has 0 atom stereocenters. The Bertz CT molecular complexity index is 612. The van der Waals surface area contributed by atoms with Gasteiger partial charge in [0.25, 0.3) is 0 Å². The molecule has 0 aliphatic heterocycles. The maximum Gasteiger partial charge on any atom is 0.243 e. The summed E-state index contributed by atoms with van der Waals surface area (Å²) in [6.07, 6.45) is 10.9. The predicted octanol–water partition coefficient (Wildman–Crippen LogP) is 3.63. The minimum Gasteiger partial charge on any atom is -0.386 e. The Kier molecular flexibility index (Phi) is 7.66. The second kappa shape index (κ2) is 9.73. The van der Waals surface area contributed by atoms with E-state index in [-0.39, 0.29) is 0 Å². The highest BCUT2D eigenvalue weighted by Gasteiger charge is 2.17. The van der Waals surface area contributed by atoms with Gasteiger partial charge in [0.15, 0.2) is 0 Å². The molecule has 1 heterocycles. The number of aryl methyl sites for hydroxylation is 2. The highest BCUT2D eigenvalue weighted by molar-refractivity contribution is 5.20. The molecular weight excluding hydrogens is 312 g/mol. The van der Waals surface area contributed by atoms with E-state index in [1.807, 2.05) is 24.6 Å². The molecule has 1 aromatic heterocycles. The zero-order valence-corrected chi connectivity index (χ0v) is 15.9. The van der Waals surface area contributed by atoms with E-state index in [2.05, 4.69) is 48.3 Å². The van der Waals surface area contributed by atoms with Gasteiger partial charge in [-0.3, -0.25) is 0 Å². The number of ether oxygens (including phenoxy) is 1. The van der Waals surface area contributed by atoms with Crippen LogP contribution in [0.4, 0.5) is 0 Å². The number of benzene rings is 1. The maximum absolute atomic E-state index is 9.84. The maximum atomic E-state index is 9.84. The van der Waals surface area contributed by atoms with Gasteiger partial charge in [-0.15, -0.1) is 0 Å². The number of rotatable bonds is 11. The van der Waals surface area contributed by atoms with Crippen molar-refractivity contribution in [1.29, 1.82) is 0 Å². The molecule has 1 N–H and O–H groups in total. The van der Waals surface area contributed by atoms with Gasteiger partial charge in [0.1, 0.15) is 18.9 Å². The van der Waals surface area contributed by atoms with Gasteiger partial charge in [0, 0.05) is 6.61 Å². The molecule has 0 amide bonds. The summed E-state index contributed by atoms with van der Waals surface area (Å²) in [5, 5.41) is 9.84. The summed E-state index contributed by atoms with van der Waals surface area (Å²) in [7, 11) is 0. The van der Waals surface area contributed by atoms with Gasteiger partial charge in [0.05, 0.1) is 18.8 Å². The van der Waals surface area contributed by atoms with Crippen molar-refractivity contribution >= 4 is 0 Å². The van der Waals surface area contributed by atoms with Crippen LogP contribution in [0.1, 0.15) is 50.7 Å². The van der Waals surface area contributed by atoms with Crippen molar-refractivity contribution in [3.8, 4) is 0 Å². The summed E-state index contributed by atoms with van der Waals surface area (Å²) in [5.74, 6) is 0. The fraction of sp³-hybridized carbons (Fsp3) is 0.571. The molecular formula is C21H33N2O2+. The van der Waals surface area contributed by atoms with Crippen LogP contribution in [0.5, 0.6) is 0 Å². The Morgan fingerprint density at radius 3 is 2.52 bits per heavy atom. The van der Waals surface area contributed by atoms with Crippen molar-refractivity contribution in [3.05, 3.63) is 54.1 Å². The summed E-state index contributed by atoms with van der Waals surface area (Å²) >= 11 is 0. The molecule has 0 fully saturated rings. The van der Waals surface area contributed by atoms with E-state index >= 15 is 0 Å². The molecule has 0 aliphatic rings. The van der Waals surface area contributed by atoms with Crippen molar-refractivity contribution in [3.63, 3.8) is 0 Å². The molecule has 0 saturated carbocycles. The standard InChI is InChI=1S/C21H33N2O2/c1-19-8-10-20(11-9-19)16-25-15-7-5-4-6-12-22-13-14-23(18-22)17-21(2,3)24/h8-11,13-14,18,24H,4-7,12,15-17H2,1-3H3/q+1. The van der Waals surface area contributed by atoms with Crippen molar-refractivity contribution in [2.24, 2.45) is 0 Å². The van der Waals surface area contributed by atoms with Gasteiger partial charge in [-0.2, -0.15) is 0 Å². The van der Waals surface area contributed by atoms with E-state index in [0.29, 0.717) is 13.2 Å². The number of aliphatic hydroxyl groups is 1. The number of hydrogen-bond donors (Lipinski definition) is 1. The Morgan fingerprint density at radius 1 is 1.08 bits per heavy atom. The first-order chi connectivity index (χ1) is 11.9. The van der Waals surface area contributed by atoms with Crippen LogP contribution >= 0.6 is 0 Å². The SMILES string of the molecule is Cc1ccc(COCCCCCCn2cc[n+](CC(C)(C)O)c2)cc1. The molecule has 0 radical (unpaired) electrons. The van der Waals surface area contributed by atoms with Gasteiger partial charge >= 0.3 is 0 Å². The van der Waals surface area contributed by atoms with E-state index < -0.39 is 5.60 Å². The minimum atomic E-state index is -0.671. The van der Waals surface area contributed by atoms with E-state index in [0.717, 1.165) is 19.6 Å². The number of hydrogen-bond acceptors (Lipinski definition) is 2. The molecule has 4 heteroatoms. The fourth-order valence-corrected chi connectivity index (χ4v) is 2.84. The molecule has 2 rings (SSSR count). The largest absolute Gasteiger partial charge is 0.386 e. The first-order valence-corrected chi connectivity index (χ1v) is 9.33. The molecule has 0 unspecified atom stereocenters. The first-order valence-electron chi connectivity index (χ1n) is 9.33. The summed E-state index contributed by atoms with van der Waals surface area (Å²) in [4.78, 5) is 0. The summed E-state index contributed by atoms with van der Waals surface area (Å²) in [6, 6.07) is 8.53. The second-order valence-corrected chi connectivity index (χ2v) is 7.59. The summed E-state index contributed by atoms with van der Waals surface area (Å²) in [5.41, 5.74) is 1.87. The van der Waals surface area contributed by atoms with E-state index in [9.17, 15) is 5.11 Å². The van der Waals surface area contributed by atoms with E-state index in [4.69, 9.17) is 4.74 Å². The normalized spacial score (nSPS) is 11.8. The summed E-state index contributed by atoms with van der Waals surface area (Å²) in [6.45, 7) is 8.97. The summed E-state index contributed by atoms with van der Waals surface area (Å²) < 4.78 is 9.98. The topological polar surface area (TPSA) is 38.3 Å². The van der Waals surface area contributed by atoms with E-state index in [1.54, 1.807) is 0 Å². The van der Waals surface area contributed by atoms with Gasteiger partial charge in [-0.25, -0.2) is 9.13 Å². The predicted molar refractivity (Wildman–Crippen MR) is 100 cm³/mol. The zero-order chi connectivity index (χ0) is 18.1. The Balaban J connectivity index is 1.50. The van der Waals surface area contributed by atoms with Crippen LogP contribution in [-0.4, -0.2) is 21.9 Å². The zero-order valence-electron chi connectivity index (χ0n) is 15.9. The lowest BCUT2D eigenvalue weighted by Gasteiger charge is -2.13. The Hall–Kier alpha value is -1.65. The van der Waals surface area contributed by atoms with Crippen LogP contribution < -0.4 is 4.57 Å². The second-order valence-electron chi connectivity index (χ2n) is 7.59. The average molecular weight is 346 g/mol. The van der Waals surface area contributed by atoms with Crippen LogP contribution in [0.15, 0.2) is 43.0 Å². The lowest BCUT2D eigenvalue weighted by Crippen LogP contribution is -2.43. The molecule has 0 saturated heterocycles. The molecule has 2 aromatic rings. The highest BCUT2D eigenvalue weighted by Crippen LogP contribution is 2.07. The first kappa shape index (κ1) is 19.7. The molecule has 138 valence electrons. The molecule has 0 bridgehead atoms. The lowest BCUT2D eigenvalue weighted by atomic mass is 10.1. The minimum absolute atomic E-state index is 0.623. The molecule has 4 nitrogen and oxygen atoms in total. The molecule has 0 spiro atoms. The van der Waals surface area contributed by atoms with Crippen molar-refractivity contribution in [2.45, 2.75) is 71.8 Å². The quantitative estimate of drug-likeness (QED) is 0.499. The smallest absolute Gasteiger partial charge is 0.243 e. The van der Waals surface area contributed by atoms with Crippen molar-refractivity contribution in [1.82, 2.24) is 4.57 Å². The number of nitrogens with zero attached hydrogens (tertiary/aromatic N) is 2. The third-order valence-corrected chi connectivity index (χ3v) is 4.16. The third-order valence-electron chi connectivity index (χ3n) is 4.16. The van der Waals surface area contributed by atoms with Gasteiger partial charge in [-0.1, -0.05) is 36.2 Å². The van der Waals surface area contributed by atoms with Crippen LogP contribution in [0.2, 0.25) is 0 Å². The van der Waals surface area contributed by atoms with Crippen LogP contribution in [0.3, 0.4) is 0 Å². The highest BCUT2D eigenvalue weighted by atomic mass is 16.5. The fourth-order valence-electron chi connectivity index (χ4n) is 2.84. The monoisotopic (exact) mass is 345 g/mol. The number of imidazole rings is 1. The third kappa shape index (κ3) is 8.32. The Labute approximate surface area is 152 Å². The van der Waals surface area contributed by atoms with Gasteiger partial charge in [-0.05, 0) is 45.6 Å². The van der Waals surface area contributed by atoms with Crippen LogP contribution in [0, 0.1) is 6.92 Å². The van der Waals surface area contributed by atoms with Crippen LogP contribution in [-0.2, 0) is 24.4 Å². The van der Waals surface area contributed by atoms with Gasteiger partial charge < -0.3 is 9.84 Å². The molecule has 1 aromatic carbocycles. The molecule has 0 aliphatic carbocycles. The van der Waals surface area contributed by atoms with Gasteiger partial charge in [0.2, 0.25) is 6.33 Å². The van der Waals surface area contributed by atoms with Crippen molar-refractivity contribution in [2.75, 3.05) is 6.61 Å². The van der Waals surface area contributed by atoms with Crippen molar-refractivity contribution < 1.29 is 14.4 Å². The molecule has 25 heavy (non-hydrogen) atoms. The van der Waals surface area contributed by atoms with Crippen LogP contribution in [0.25, 0.3) is 0 Å². The number of unbranched alkanes of at least 4 members (excludes halogenated alkanes) is 3. The average Bonchev–Trinajstić information content (AvgIpc) is 2.97. The number of aromatic nitrogens is 2. The van der Waals surface area contributed by atoms with E-state index in [1.165, 1.54) is 30.4 Å². The Morgan fingerprint density at radius 2 is 1.80 bits per heavy atom.